The molecule has 4 aromatic rings. The fourth-order valence-corrected chi connectivity index (χ4v) is 8.86. The van der Waals surface area contributed by atoms with E-state index in [0.29, 0.717) is 42.2 Å². The number of carbonyl (C=O) groups is 3. The second-order valence-electron chi connectivity index (χ2n) is 17.1. The predicted octanol–water partition coefficient (Wildman–Crippen LogP) is 4.96. The molecular formula is C47H57N5O11S. The van der Waals surface area contributed by atoms with E-state index >= 15 is 0 Å². The Kier molecular flexibility index (Phi) is 14.3. The van der Waals surface area contributed by atoms with E-state index < -0.39 is 66.2 Å². The SMILES string of the molecule is CCCCC[C@H](NC(=S)Nc1ccc(OC2O[C@@H](C)[C@@H](O)[C@@H](OC)[C@@H]2O)cc1)C(=O)N[C@H](CC(C)C)C(=O)O[C@]1(CC)C(=O)OCc2c1cc1n(c2=O)Cc2cc3ccccc3nc2-1. The van der Waals surface area contributed by atoms with Crippen LogP contribution in [0, 0.1) is 5.92 Å². The van der Waals surface area contributed by atoms with E-state index in [1.807, 2.05) is 44.2 Å². The molecule has 1 unspecified atom stereocenters. The van der Waals surface area contributed by atoms with Crippen molar-refractivity contribution in [2.24, 2.45) is 5.92 Å². The lowest BCUT2D eigenvalue weighted by Crippen LogP contribution is -2.59. The fourth-order valence-electron chi connectivity index (χ4n) is 8.60. The number of para-hydroxylation sites is 1. The van der Waals surface area contributed by atoms with Gasteiger partial charge in [0.1, 0.15) is 42.8 Å². The van der Waals surface area contributed by atoms with E-state index in [0.717, 1.165) is 29.3 Å². The zero-order valence-electron chi connectivity index (χ0n) is 36.9. The highest BCUT2D eigenvalue weighted by molar-refractivity contribution is 7.80. The Bertz CT molecular complexity index is 2440. The minimum Gasteiger partial charge on any atom is -0.462 e. The van der Waals surface area contributed by atoms with Gasteiger partial charge in [-0.2, -0.15) is 0 Å². The molecule has 0 aliphatic carbocycles. The molecule has 16 nitrogen and oxygen atoms in total. The van der Waals surface area contributed by atoms with Gasteiger partial charge in [0, 0.05) is 29.3 Å². The molecule has 3 aliphatic rings. The van der Waals surface area contributed by atoms with Crippen molar-refractivity contribution < 1.29 is 48.3 Å². The maximum Gasteiger partial charge on any atom is 0.355 e. The van der Waals surface area contributed by atoms with Crippen LogP contribution in [0.3, 0.4) is 0 Å². The Morgan fingerprint density at radius 2 is 1.77 bits per heavy atom. The summed E-state index contributed by atoms with van der Waals surface area (Å²) < 4.78 is 30.2. The van der Waals surface area contributed by atoms with Crippen LogP contribution in [0.2, 0.25) is 0 Å². The number of amides is 1. The number of ether oxygens (including phenoxy) is 5. The first-order valence-corrected chi connectivity index (χ1v) is 22.3. The Morgan fingerprint density at radius 1 is 1.02 bits per heavy atom. The molecule has 5 heterocycles. The number of hydrogen-bond donors (Lipinski definition) is 5. The van der Waals surface area contributed by atoms with Crippen molar-refractivity contribution in [1.82, 2.24) is 20.2 Å². The van der Waals surface area contributed by atoms with E-state index in [-0.39, 0.29) is 47.2 Å². The van der Waals surface area contributed by atoms with Crippen LogP contribution in [0.4, 0.5) is 5.69 Å². The normalized spacial score (nSPS) is 23.3. The molecule has 2 aromatic carbocycles. The summed E-state index contributed by atoms with van der Waals surface area (Å²) in [5, 5.41) is 31.1. The average molecular weight is 900 g/mol. The number of aromatic nitrogens is 2. The number of nitrogens with one attached hydrogen (secondary N) is 3. The maximum atomic E-state index is 14.4. The maximum absolute atomic E-state index is 14.4. The minimum absolute atomic E-state index is 0.0318. The topological polar surface area (TPSA) is 209 Å². The van der Waals surface area contributed by atoms with Gasteiger partial charge >= 0.3 is 11.9 Å². The molecule has 5 N–H and O–H groups in total. The van der Waals surface area contributed by atoms with Gasteiger partial charge in [-0.15, -0.1) is 0 Å². The summed E-state index contributed by atoms with van der Waals surface area (Å²) in [6.45, 7) is 9.23. The largest absolute Gasteiger partial charge is 0.462 e. The zero-order chi connectivity index (χ0) is 45.9. The van der Waals surface area contributed by atoms with Crippen LogP contribution in [0.1, 0.15) is 89.8 Å². The van der Waals surface area contributed by atoms with Crippen LogP contribution in [0.25, 0.3) is 22.3 Å². The fraction of sp³-hybridized carbons (Fsp3) is 0.489. The van der Waals surface area contributed by atoms with Gasteiger partial charge in [0.2, 0.25) is 17.8 Å². The molecule has 342 valence electrons. The smallest absolute Gasteiger partial charge is 0.355 e. The van der Waals surface area contributed by atoms with Gasteiger partial charge in [-0.25, -0.2) is 14.6 Å². The molecule has 17 heteroatoms. The highest BCUT2D eigenvalue weighted by atomic mass is 32.1. The summed E-state index contributed by atoms with van der Waals surface area (Å²) in [6, 6.07) is 16.1. The van der Waals surface area contributed by atoms with Crippen molar-refractivity contribution in [2.45, 2.75) is 135 Å². The van der Waals surface area contributed by atoms with Crippen molar-refractivity contribution in [3.05, 3.63) is 87.7 Å². The number of esters is 2. The van der Waals surface area contributed by atoms with Gasteiger partial charge in [-0.3, -0.25) is 9.59 Å². The van der Waals surface area contributed by atoms with Crippen LogP contribution in [0.5, 0.6) is 5.75 Å². The highest BCUT2D eigenvalue weighted by Gasteiger charge is 2.51. The van der Waals surface area contributed by atoms with Crippen LogP contribution in [-0.2, 0) is 52.1 Å². The molecule has 0 spiro atoms. The van der Waals surface area contributed by atoms with Crippen molar-refractivity contribution >= 4 is 51.8 Å². The average Bonchev–Trinajstić information content (AvgIpc) is 3.63. The molecular weight excluding hydrogens is 843 g/mol. The van der Waals surface area contributed by atoms with Crippen LogP contribution >= 0.6 is 12.2 Å². The molecule has 2 aromatic heterocycles. The Morgan fingerprint density at radius 3 is 2.47 bits per heavy atom. The van der Waals surface area contributed by atoms with E-state index in [2.05, 4.69) is 22.9 Å². The molecule has 64 heavy (non-hydrogen) atoms. The number of fused-ring (bicyclic) bond motifs is 5. The first-order valence-electron chi connectivity index (χ1n) is 21.9. The monoisotopic (exact) mass is 899 g/mol. The number of carbonyl (C=O) groups excluding carboxylic acids is 3. The lowest BCUT2D eigenvalue weighted by Gasteiger charge is -2.40. The number of nitrogens with zero attached hydrogens (tertiary/aromatic N) is 2. The Balaban J connectivity index is 1.07. The number of pyridine rings is 2. The lowest BCUT2D eigenvalue weighted by molar-refractivity contribution is -0.272. The second-order valence-corrected chi connectivity index (χ2v) is 17.5. The van der Waals surface area contributed by atoms with Crippen LogP contribution in [0.15, 0.2) is 65.5 Å². The number of thiocarbonyl (C=S) groups is 1. The summed E-state index contributed by atoms with van der Waals surface area (Å²) in [5.74, 6) is -1.83. The molecule has 0 radical (unpaired) electrons. The molecule has 0 saturated carbocycles. The minimum atomic E-state index is -1.96. The first kappa shape index (κ1) is 46.5. The standard InChI is InChI=1S/C47H57N5O11S/c1-7-9-10-15-34(51-46(64)48-29-16-18-30(19-17-29)62-44-39(54)40(59-6)38(53)26(5)61-44)41(55)50-35(20-25(3)4)43(57)63-47(8-2)32-22-36-37-28(21-27-13-11-12-14-33(27)49-37)23-52(36)42(56)31(32)24-60-45(47)58/h11-14,16-19,21-22,25-26,34-35,38-40,44,53-54H,7-10,15,20,23-24H2,1-6H3,(H,50,55)(H2,48,51,64)/t26-,34-,35+,38+,39-,40+,44?,47-/m0/s1. The molecule has 8 atom stereocenters. The third kappa shape index (κ3) is 9.49. The third-order valence-corrected chi connectivity index (χ3v) is 12.3. The van der Waals surface area contributed by atoms with Crippen molar-refractivity contribution in [3.8, 4) is 17.1 Å². The van der Waals surface area contributed by atoms with Gasteiger partial charge in [0.25, 0.3) is 5.56 Å². The number of benzene rings is 2. The third-order valence-electron chi connectivity index (χ3n) is 12.1. The first-order chi connectivity index (χ1) is 30.7. The van der Waals surface area contributed by atoms with Crippen molar-refractivity contribution in [3.63, 3.8) is 0 Å². The lowest BCUT2D eigenvalue weighted by atomic mass is 9.85. The highest BCUT2D eigenvalue weighted by Crippen LogP contribution is 2.41. The number of aliphatic hydroxyl groups excluding tert-OH is 2. The number of methoxy groups -OCH3 is 1. The van der Waals surface area contributed by atoms with Gasteiger partial charge in [0.15, 0.2) is 5.11 Å². The summed E-state index contributed by atoms with van der Waals surface area (Å²) in [5.41, 5.74) is 1.46. The molecule has 7 rings (SSSR count). The summed E-state index contributed by atoms with van der Waals surface area (Å²) in [4.78, 5) is 61.4. The van der Waals surface area contributed by atoms with Gasteiger partial charge < -0.3 is 54.4 Å². The molecule has 3 aliphatic heterocycles. The Labute approximate surface area is 377 Å². The molecule has 1 fully saturated rings. The van der Waals surface area contributed by atoms with E-state index in [4.69, 9.17) is 40.9 Å². The van der Waals surface area contributed by atoms with Crippen molar-refractivity contribution in [2.75, 3.05) is 12.4 Å². The quantitative estimate of drug-likeness (QED) is 0.0504. The summed E-state index contributed by atoms with van der Waals surface area (Å²) in [6.07, 6.45) is -1.84. The molecule has 1 amide bonds. The predicted molar refractivity (Wildman–Crippen MR) is 241 cm³/mol. The molecule has 0 bridgehead atoms. The van der Waals surface area contributed by atoms with Crippen LogP contribution in [-0.4, -0.2) is 92.6 Å². The van der Waals surface area contributed by atoms with Gasteiger partial charge in [-0.05, 0) is 86.8 Å². The Hall–Kier alpha value is -5.46. The number of unbranched alkanes of at least 4 members (excludes halogenated alkanes) is 2. The number of aliphatic hydroxyl groups is 2. The number of anilines is 1. The summed E-state index contributed by atoms with van der Waals surface area (Å²) in [7, 11) is 1.39. The zero-order valence-corrected chi connectivity index (χ0v) is 37.7. The van der Waals surface area contributed by atoms with Gasteiger partial charge in [-0.1, -0.05) is 65.2 Å². The van der Waals surface area contributed by atoms with Crippen molar-refractivity contribution in [1.29, 1.82) is 0 Å². The number of rotatable bonds is 16. The molecule has 1 saturated heterocycles. The second kappa shape index (κ2) is 19.7. The number of hydrogen-bond acceptors (Lipinski definition) is 13. The van der Waals surface area contributed by atoms with Gasteiger partial charge in [0.05, 0.1) is 35.1 Å². The van der Waals surface area contributed by atoms with E-state index in [1.54, 1.807) is 48.7 Å². The van der Waals surface area contributed by atoms with E-state index in [1.165, 1.54) is 7.11 Å². The number of cyclic esters (lactones) is 1. The summed E-state index contributed by atoms with van der Waals surface area (Å²) >= 11 is 5.66. The van der Waals surface area contributed by atoms with Crippen LogP contribution < -0.4 is 26.2 Å². The van der Waals surface area contributed by atoms with E-state index in [9.17, 15) is 29.4 Å².